The summed E-state index contributed by atoms with van der Waals surface area (Å²) < 4.78 is 6.63. The van der Waals surface area contributed by atoms with E-state index in [1.807, 2.05) is 32.0 Å². The molecule has 1 heterocycles. The number of methoxy groups -OCH3 is 1. The second-order valence-electron chi connectivity index (χ2n) is 7.36. The summed E-state index contributed by atoms with van der Waals surface area (Å²) in [5, 5.41) is 11.6. The number of benzene rings is 2. The zero-order valence-electron chi connectivity index (χ0n) is 18.1. The van der Waals surface area contributed by atoms with Crippen molar-refractivity contribution in [3.05, 3.63) is 71.4 Å². The second kappa shape index (κ2) is 9.82. The van der Waals surface area contributed by atoms with Gasteiger partial charge in [0.05, 0.1) is 19.2 Å². The van der Waals surface area contributed by atoms with Crippen molar-refractivity contribution in [1.82, 2.24) is 4.68 Å². The Balaban J connectivity index is 1.85. The van der Waals surface area contributed by atoms with Crippen LogP contribution in [0.1, 0.15) is 23.2 Å². The molecule has 0 unspecified atom stereocenters. The highest BCUT2D eigenvalue weighted by Crippen LogP contribution is 2.25. The fraction of sp³-hybridized carbons (Fsp3) is 0.208. The van der Waals surface area contributed by atoms with E-state index >= 15 is 0 Å². The van der Waals surface area contributed by atoms with Crippen molar-refractivity contribution in [3.8, 4) is 17.0 Å². The van der Waals surface area contributed by atoms with E-state index in [9.17, 15) is 14.4 Å². The maximum absolute atomic E-state index is 12.7. The number of hydrogen-bond acceptors (Lipinski definition) is 4. The number of carboxylic acid groups (broad SMARTS) is 1. The number of aliphatic carboxylic acids is 1. The fourth-order valence-corrected chi connectivity index (χ4v) is 3.19. The van der Waals surface area contributed by atoms with E-state index in [1.54, 1.807) is 43.5 Å². The molecule has 1 aromatic heterocycles. The van der Waals surface area contributed by atoms with Crippen LogP contribution >= 0.6 is 0 Å². The molecule has 166 valence electrons. The molecule has 8 heteroatoms. The molecule has 0 aliphatic rings. The molecule has 0 aliphatic heterocycles. The van der Waals surface area contributed by atoms with Crippen molar-refractivity contribution < 1.29 is 24.2 Å². The van der Waals surface area contributed by atoms with Gasteiger partial charge in [-0.15, -0.1) is 0 Å². The molecule has 0 saturated heterocycles. The topological polar surface area (TPSA) is 110 Å². The number of aryl methyl sites for hydroxylation is 3. The van der Waals surface area contributed by atoms with E-state index in [4.69, 9.17) is 9.84 Å². The lowest BCUT2D eigenvalue weighted by Crippen LogP contribution is -2.35. The van der Waals surface area contributed by atoms with Gasteiger partial charge in [-0.3, -0.25) is 24.5 Å². The van der Waals surface area contributed by atoms with Crippen molar-refractivity contribution in [1.29, 1.82) is 0 Å². The molecule has 0 aliphatic carbocycles. The number of aromatic nitrogens is 1. The van der Waals surface area contributed by atoms with Crippen LogP contribution < -0.4 is 15.5 Å². The van der Waals surface area contributed by atoms with Crippen molar-refractivity contribution in [2.75, 3.05) is 17.9 Å². The Morgan fingerprint density at radius 2 is 1.66 bits per heavy atom. The third kappa shape index (κ3) is 5.34. The van der Waals surface area contributed by atoms with Gasteiger partial charge in [-0.05, 0) is 73.5 Å². The molecule has 0 atom stereocenters. The molecule has 0 radical (unpaired) electrons. The number of amides is 2. The third-order valence-corrected chi connectivity index (χ3v) is 5.13. The van der Waals surface area contributed by atoms with Crippen LogP contribution in [0.25, 0.3) is 11.3 Å². The third-order valence-electron chi connectivity index (χ3n) is 5.13. The van der Waals surface area contributed by atoms with Crippen LogP contribution in [0.5, 0.6) is 5.75 Å². The fourth-order valence-electron chi connectivity index (χ4n) is 3.19. The Morgan fingerprint density at radius 3 is 2.28 bits per heavy atom. The van der Waals surface area contributed by atoms with Crippen LogP contribution in [0, 0.1) is 13.8 Å². The van der Waals surface area contributed by atoms with Crippen LogP contribution in [0.15, 0.2) is 54.6 Å². The van der Waals surface area contributed by atoms with E-state index in [0.29, 0.717) is 22.8 Å². The number of rotatable bonds is 7. The van der Waals surface area contributed by atoms with Gasteiger partial charge in [-0.2, -0.15) is 0 Å². The molecule has 0 fully saturated rings. The van der Waals surface area contributed by atoms with E-state index < -0.39 is 17.8 Å². The van der Waals surface area contributed by atoms with Crippen LogP contribution in [-0.2, 0) is 20.8 Å². The number of nitrogens with one attached hydrogen (secondary N) is 2. The van der Waals surface area contributed by atoms with Crippen molar-refractivity contribution in [3.63, 3.8) is 0 Å². The summed E-state index contributed by atoms with van der Waals surface area (Å²) >= 11 is 0. The molecule has 0 bridgehead atoms. The number of hydrogen-bond donors (Lipinski definition) is 3. The van der Waals surface area contributed by atoms with E-state index in [-0.39, 0.29) is 12.8 Å². The lowest BCUT2D eigenvalue weighted by Gasteiger charge is -2.15. The molecular weight excluding hydrogens is 410 g/mol. The Bertz CT molecular complexity index is 1150. The SMILES string of the molecule is COc1ccc(-c2ccc(CCC(=O)O)n2NC(=O)C(=O)Nc2ccc(C)c(C)c2)cc1. The summed E-state index contributed by atoms with van der Waals surface area (Å²) in [6.45, 7) is 3.87. The van der Waals surface area contributed by atoms with Gasteiger partial charge >= 0.3 is 17.8 Å². The zero-order chi connectivity index (χ0) is 23.3. The quantitative estimate of drug-likeness (QED) is 0.492. The molecule has 3 N–H and O–H groups in total. The van der Waals surface area contributed by atoms with Crippen LogP contribution in [0.4, 0.5) is 5.69 Å². The number of carbonyl (C=O) groups is 3. The number of anilines is 1. The minimum Gasteiger partial charge on any atom is -0.497 e. The predicted octanol–water partition coefficient (Wildman–Crippen LogP) is 3.51. The molecule has 2 amide bonds. The van der Waals surface area contributed by atoms with Crippen LogP contribution in [0.3, 0.4) is 0 Å². The molecule has 8 nitrogen and oxygen atoms in total. The normalized spacial score (nSPS) is 10.5. The Kier molecular flexibility index (Phi) is 6.94. The maximum atomic E-state index is 12.7. The highest BCUT2D eigenvalue weighted by atomic mass is 16.5. The molecule has 3 aromatic rings. The van der Waals surface area contributed by atoms with Crippen LogP contribution in [0.2, 0.25) is 0 Å². The second-order valence-corrected chi connectivity index (χ2v) is 7.36. The Hall–Kier alpha value is -4.07. The number of carboxylic acids is 1. The molecule has 32 heavy (non-hydrogen) atoms. The number of nitrogens with zero attached hydrogens (tertiary/aromatic N) is 1. The van der Waals surface area contributed by atoms with Gasteiger partial charge in [0.15, 0.2) is 0 Å². The Morgan fingerprint density at radius 1 is 0.938 bits per heavy atom. The van der Waals surface area contributed by atoms with E-state index in [0.717, 1.165) is 16.7 Å². The molecule has 0 spiro atoms. The molecule has 2 aromatic carbocycles. The van der Waals surface area contributed by atoms with Gasteiger partial charge in [0.1, 0.15) is 5.75 Å². The minimum atomic E-state index is -0.956. The lowest BCUT2D eigenvalue weighted by molar-refractivity contribution is -0.137. The van der Waals surface area contributed by atoms with Gasteiger partial charge in [0.2, 0.25) is 0 Å². The van der Waals surface area contributed by atoms with Gasteiger partial charge < -0.3 is 15.2 Å². The largest absolute Gasteiger partial charge is 0.497 e. The summed E-state index contributed by atoms with van der Waals surface area (Å²) in [7, 11) is 1.57. The van der Waals surface area contributed by atoms with Crippen molar-refractivity contribution in [2.45, 2.75) is 26.7 Å². The average Bonchev–Trinajstić information content (AvgIpc) is 3.17. The first-order valence-electron chi connectivity index (χ1n) is 10.0. The van der Waals surface area contributed by atoms with Gasteiger partial charge in [-0.1, -0.05) is 6.07 Å². The summed E-state index contributed by atoms with van der Waals surface area (Å²) in [5.41, 5.74) is 7.12. The monoisotopic (exact) mass is 435 g/mol. The van der Waals surface area contributed by atoms with Crippen molar-refractivity contribution >= 4 is 23.5 Å². The predicted molar refractivity (Wildman–Crippen MR) is 121 cm³/mol. The summed E-state index contributed by atoms with van der Waals surface area (Å²) in [4.78, 5) is 36.2. The summed E-state index contributed by atoms with van der Waals surface area (Å²) in [6, 6.07) is 16.0. The van der Waals surface area contributed by atoms with E-state index in [1.165, 1.54) is 4.68 Å². The number of ether oxygens (including phenoxy) is 1. The highest BCUT2D eigenvalue weighted by molar-refractivity contribution is 6.42. The molecule has 3 rings (SSSR count). The zero-order valence-corrected chi connectivity index (χ0v) is 18.1. The minimum absolute atomic E-state index is 0.114. The first-order valence-corrected chi connectivity index (χ1v) is 10.0. The summed E-state index contributed by atoms with van der Waals surface area (Å²) in [5.74, 6) is -1.98. The molecule has 0 saturated carbocycles. The lowest BCUT2D eigenvalue weighted by atomic mass is 10.1. The highest BCUT2D eigenvalue weighted by Gasteiger charge is 2.19. The number of carbonyl (C=O) groups excluding carboxylic acids is 2. The van der Waals surface area contributed by atoms with E-state index in [2.05, 4.69) is 10.7 Å². The van der Waals surface area contributed by atoms with Crippen LogP contribution in [-0.4, -0.2) is 34.7 Å². The first-order chi connectivity index (χ1) is 15.3. The molecular formula is C24H25N3O5. The Labute approximate surface area is 185 Å². The van der Waals surface area contributed by atoms with Gasteiger partial charge in [0, 0.05) is 23.4 Å². The smallest absolute Gasteiger partial charge is 0.328 e. The summed E-state index contributed by atoms with van der Waals surface area (Å²) in [6.07, 6.45) is 0.0708. The van der Waals surface area contributed by atoms with Gasteiger partial charge in [-0.25, -0.2) is 0 Å². The average molecular weight is 435 g/mol. The van der Waals surface area contributed by atoms with Crippen molar-refractivity contribution in [2.24, 2.45) is 0 Å². The van der Waals surface area contributed by atoms with Gasteiger partial charge in [0.25, 0.3) is 0 Å². The first kappa shape index (κ1) is 22.6. The standard InChI is InChI=1S/C24H25N3O5/c1-15-4-7-18(14-16(15)2)25-23(30)24(31)26-27-19(9-13-22(28)29)8-12-21(27)17-5-10-20(32-3)11-6-17/h4-8,10-12,14H,9,13H2,1-3H3,(H,25,30)(H,26,31)(H,28,29). The maximum Gasteiger partial charge on any atom is 0.328 e.